The highest BCUT2D eigenvalue weighted by atomic mass is 16.6. The van der Waals surface area contributed by atoms with Gasteiger partial charge in [0, 0.05) is 29.1 Å². The van der Waals surface area contributed by atoms with Gasteiger partial charge in [0.05, 0.1) is 30.0 Å². The molecule has 2 aliphatic rings. The predicted molar refractivity (Wildman–Crippen MR) is 139 cm³/mol. The molecule has 0 N–H and O–H groups in total. The summed E-state index contributed by atoms with van der Waals surface area (Å²) in [6.07, 6.45) is 5.65. The third-order valence-electron chi connectivity index (χ3n) is 7.60. The average molecular weight is 474 g/mol. The maximum atomic E-state index is 14.4. The maximum Gasteiger partial charge on any atom is 0.255 e. The number of amides is 1. The molecule has 1 saturated carbocycles. The van der Waals surface area contributed by atoms with Crippen LogP contribution in [-0.2, 0) is 11.3 Å². The van der Waals surface area contributed by atoms with Crippen LogP contribution in [0.1, 0.15) is 54.9 Å². The lowest BCUT2D eigenvalue weighted by atomic mass is 9.91. The van der Waals surface area contributed by atoms with E-state index < -0.39 is 4.65 Å². The number of rotatable bonds is 6. The van der Waals surface area contributed by atoms with Crippen molar-refractivity contribution in [2.75, 3.05) is 32.8 Å². The molecule has 184 valence electrons. The fourth-order valence-corrected chi connectivity index (χ4v) is 5.71. The average Bonchev–Trinajstić information content (AvgIpc) is 2.90. The zero-order chi connectivity index (χ0) is 24.3. The molecule has 2 fully saturated rings. The van der Waals surface area contributed by atoms with E-state index in [0.29, 0.717) is 38.4 Å². The summed E-state index contributed by atoms with van der Waals surface area (Å²) in [5, 5.41) is 14.7. The first-order valence-electron chi connectivity index (χ1n) is 13.0. The lowest BCUT2D eigenvalue weighted by Crippen LogP contribution is -2.50. The number of para-hydroxylation sites is 1. The van der Waals surface area contributed by atoms with Gasteiger partial charge in [-0.05, 0) is 25.8 Å². The van der Waals surface area contributed by atoms with E-state index >= 15 is 0 Å². The van der Waals surface area contributed by atoms with Gasteiger partial charge in [-0.25, -0.2) is 4.98 Å². The topological polar surface area (TPSA) is 65.5 Å². The van der Waals surface area contributed by atoms with Gasteiger partial charge in [-0.3, -0.25) is 4.79 Å². The molecular weight excluding hydrogens is 438 g/mol. The van der Waals surface area contributed by atoms with Crippen LogP contribution in [0, 0.1) is 5.21 Å². The summed E-state index contributed by atoms with van der Waals surface area (Å²) in [7, 11) is 0. The van der Waals surface area contributed by atoms with E-state index in [-0.39, 0.29) is 18.5 Å². The highest BCUT2D eigenvalue weighted by Gasteiger charge is 2.33. The van der Waals surface area contributed by atoms with Crippen LogP contribution in [0.2, 0.25) is 0 Å². The van der Waals surface area contributed by atoms with Crippen LogP contribution in [-0.4, -0.2) is 59.3 Å². The molecule has 1 aliphatic carbocycles. The monoisotopic (exact) mass is 473 g/mol. The molecule has 6 nitrogen and oxygen atoms in total. The van der Waals surface area contributed by atoms with Crippen LogP contribution >= 0.6 is 0 Å². The minimum atomic E-state index is -0.393. The first-order valence-corrected chi connectivity index (χ1v) is 13.0. The van der Waals surface area contributed by atoms with Crippen LogP contribution in [0.3, 0.4) is 0 Å². The van der Waals surface area contributed by atoms with Crippen molar-refractivity contribution in [2.45, 2.75) is 51.6 Å². The van der Waals surface area contributed by atoms with Crippen LogP contribution in [0.5, 0.6) is 0 Å². The standard InChI is InChI=1S/C29H35N3O3/c1-2-31(23-13-7-4-8-14-23)29(33)27-24-15-9-10-16-26(24)30-28(22-11-5-3-6-12-22)25(27)21-32(34)17-19-35-20-18-32/h3,5-6,9-12,15-16,23H,2,4,7-8,13-14,17-21H2,1H3. The summed E-state index contributed by atoms with van der Waals surface area (Å²) in [4.78, 5) is 21.5. The summed E-state index contributed by atoms with van der Waals surface area (Å²) in [5.41, 5.74) is 3.89. The molecule has 3 aromatic rings. The molecule has 1 aliphatic heterocycles. The Kier molecular flexibility index (Phi) is 7.14. The Labute approximate surface area is 207 Å². The summed E-state index contributed by atoms with van der Waals surface area (Å²) in [6.45, 7) is 4.59. The fourth-order valence-electron chi connectivity index (χ4n) is 5.71. The molecule has 0 radical (unpaired) electrons. The van der Waals surface area contributed by atoms with E-state index in [9.17, 15) is 10.0 Å². The van der Waals surface area contributed by atoms with Gasteiger partial charge in [-0.15, -0.1) is 0 Å². The number of carbonyl (C=O) groups excluding carboxylic acids is 1. The Morgan fingerprint density at radius 1 is 1.03 bits per heavy atom. The second-order valence-electron chi connectivity index (χ2n) is 9.86. The Morgan fingerprint density at radius 2 is 1.71 bits per heavy atom. The molecule has 2 heterocycles. The van der Waals surface area contributed by atoms with E-state index in [1.54, 1.807) is 0 Å². The van der Waals surface area contributed by atoms with Crippen molar-refractivity contribution in [1.29, 1.82) is 0 Å². The molecule has 1 amide bonds. The van der Waals surface area contributed by atoms with Gasteiger partial charge in [-0.2, -0.15) is 0 Å². The van der Waals surface area contributed by atoms with Crippen molar-refractivity contribution < 1.29 is 14.2 Å². The number of hydrogen-bond donors (Lipinski definition) is 0. The minimum Gasteiger partial charge on any atom is -0.632 e. The van der Waals surface area contributed by atoms with E-state index in [1.165, 1.54) is 6.42 Å². The molecule has 0 bridgehead atoms. The molecule has 1 saturated heterocycles. The highest BCUT2D eigenvalue weighted by molar-refractivity contribution is 6.09. The van der Waals surface area contributed by atoms with E-state index in [1.807, 2.05) is 59.5 Å². The predicted octanol–water partition coefficient (Wildman–Crippen LogP) is 5.54. The summed E-state index contributed by atoms with van der Waals surface area (Å²) in [6, 6.07) is 18.1. The normalized spacial score (nSPS) is 18.5. The molecule has 5 rings (SSSR count). The quantitative estimate of drug-likeness (QED) is 0.348. The molecule has 6 heteroatoms. The van der Waals surface area contributed by atoms with Gasteiger partial charge in [0.2, 0.25) is 0 Å². The van der Waals surface area contributed by atoms with Crippen LogP contribution < -0.4 is 0 Å². The number of fused-ring (bicyclic) bond motifs is 1. The lowest BCUT2D eigenvalue weighted by molar-refractivity contribution is -0.901. The van der Waals surface area contributed by atoms with Crippen molar-refractivity contribution in [3.05, 3.63) is 70.9 Å². The molecule has 0 spiro atoms. The molecule has 0 atom stereocenters. The van der Waals surface area contributed by atoms with Crippen LogP contribution in [0.25, 0.3) is 22.2 Å². The number of hydroxylamine groups is 3. The Morgan fingerprint density at radius 3 is 2.43 bits per heavy atom. The number of morpholine rings is 1. The lowest BCUT2D eigenvalue weighted by Gasteiger charge is -2.45. The number of aromatic nitrogens is 1. The second-order valence-corrected chi connectivity index (χ2v) is 9.86. The zero-order valence-corrected chi connectivity index (χ0v) is 20.6. The second kappa shape index (κ2) is 10.4. The van der Waals surface area contributed by atoms with Crippen LogP contribution in [0.15, 0.2) is 54.6 Å². The van der Waals surface area contributed by atoms with Gasteiger partial charge in [0.1, 0.15) is 19.6 Å². The SMILES string of the molecule is CCN(C(=O)c1c(C[N+]2([O-])CCOCC2)c(-c2ccccc2)nc2ccccc12)C1CCCCC1. The number of quaternary nitrogens is 1. The van der Waals surface area contributed by atoms with Crippen molar-refractivity contribution in [2.24, 2.45) is 0 Å². The number of hydrogen-bond acceptors (Lipinski definition) is 4. The summed E-state index contributed by atoms with van der Waals surface area (Å²) < 4.78 is 5.10. The smallest absolute Gasteiger partial charge is 0.255 e. The first kappa shape index (κ1) is 23.9. The molecule has 35 heavy (non-hydrogen) atoms. The third-order valence-corrected chi connectivity index (χ3v) is 7.60. The van der Waals surface area contributed by atoms with Gasteiger partial charge in [0.15, 0.2) is 0 Å². The van der Waals surface area contributed by atoms with Gasteiger partial charge in [0.25, 0.3) is 5.91 Å². The summed E-state index contributed by atoms with van der Waals surface area (Å²) >= 11 is 0. The highest BCUT2D eigenvalue weighted by Crippen LogP contribution is 2.35. The van der Waals surface area contributed by atoms with Crippen molar-refractivity contribution in [3.8, 4) is 11.3 Å². The fraction of sp³-hybridized carbons (Fsp3) is 0.448. The van der Waals surface area contributed by atoms with E-state index in [4.69, 9.17) is 9.72 Å². The van der Waals surface area contributed by atoms with Gasteiger partial charge >= 0.3 is 0 Å². The van der Waals surface area contributed by atoms with Crippen molar-refractivity contribution in [3.63, 3.8) is 0 Å². The summed E-state index contributed by atoms with van der Waals surface area (Å²) in [5.74, 6) is 0.0324. The van der Waals surface area contributed by atoms with Crippen molar-refractivity contribution >= 4 is 16.8 Å². The third kappa shape index (κ3) is 4.96. The Bertz CT molecular complexity index is 1170. The Balaban J connectivity index is 1.71. The number of nitrogens with zero attached hydrogens (tertiary/aromatic N) is 3. The Hall–Kier alpha value is -2.80. The maximum absolute atomic E-state index is 14.4. The first-order chi connectivity index (χ1) is 17.1. The van der Waals surface area contributed by atoms with Gasteiger partial charge in [-0.1, -0.05) is 67.8 Å². The number of benzene rings is 2. The van der Waals surface area contributed by atoms with E-state index in [0.717, 1.165) is 53.4 Å². The van der Waals surface area contributed by atoms with Crippen LogP contribution in [0.4, 0.5) is 0 Å². The number of carbonyl (C=O) groups is 1. The van der Waals surface area contributed by atoms with Gasteiger partial charge < -0.3 is 19.5 Å². The minimum absolute atomic E-state index is 0.0324. The number of ether oxygens (including phenoxy) is 1. The molecule has 2 aromatic carbocycles. The van der Waals surface area contributed by atoms with E-state index in [2.05, 4.69) is 6.92 Å². The molecular formula is C29H35N3O3. The molecule has 1 aromatic heterocycles. The zero-order valence-electron chi connectivity index (χ0n) is 20.6. The molecule has 0 unspecified atom stereocenters. The van der Waals surface area contributed by atoms with Crippen molar-refractivity contribution in [1.82, 2.24) is 9.88 Å². The largest absolute Gasteiger partial charge is 0.632 e. The number of pyridine rings is 1.